The molecule has 4 heterocycles. The van der Waals surface area contributed by atoms with E-state index in [0.29, 0.717) is 11.6 Å². The first-order chi connectivity index (χ1) is 30.8. The van der Waals surface area contributed by atoms with Crippen molar-refractivity contribution in [1.29, 1.82) is 0 Å². The molecule has 0 aliphatic heterocycles. The molecule has 0 fully saturated rings. The Morgan fingerprint density at radius 3 is 2.06 bits per heavy atom. The smallest absolute Gasteiger partial charge is 0.151 e. The van der Waals surface area contributed by atoms with Gasteiger partial charge in [-0.1, -0.05) is 105 Å². The van der Waals surface area contributed by atoms with Crippen LogP contribution in [0.3, 0.4) is 0 Å². The molecule has 0 saturated carbocycles. The monoisotopic (exact) mass is 1090 g/mol. The average Bonchev–Trinajstić information content (AvgIpc) is 3.87. The second-order valence-corrected chi connectivity index (χ2v) is 29.6. The van der Waals surface area contributed by atoms with Crippen molar-refractivity contribution in [3.05, 3.63) is 175 Å². The van der Waals surface area contributed by atoms with Crippen molar-refractivity contribution in [1.82, 2.24) is 19.5 Å². The predicted octanol–water partition coefficient (Wildman–Crippen LogP) is 15.1. The molecular formula is C58H56GeIrN4O-2. The Kier molecular flexibility index (Phi) is 13.5. The first-order valence-corrected chi connectivity index (χ1v) is 30.0. The van der Waals surface area contributed by atoms with Gasteiger partial charge in [-0.05, 0) is 92.8 Å². The second kappa shape index (κ2) is 19.1. The van der Waals surface area contributed by atoms with Crippen molar-refractivity contribution < 1.29 is 24.5 Å². The summed E-state index contributed by atoms with van der Waals surface area (Å²) in [5.41, 5.74) is 14.1. The Morgan fingerprint density at radius 1 is 0.662 bits per heavy atom. The fourth-order valence-electron chi connectivity index (χ4n) is 8.92. The topological polar surface area (TPSA) is 56.7 Å². The summed E-state index contributed by atoms with van der Waals surface area (Å²) >= 11 is -1.86. The maximum absolute atomic E-state index is 6.03. The number of imidazole rings is 1. The summed E-state index contributed by atoms with van der Waals surface area (Å²) in [5, 5.41) is 4.38. The molecule has 1 radical (unpaired) electrons. The molecule has 0 saturated heterocycles. The Hall–Kier alpha value is -5.66. The van der Waals surface area contributed by atoms with Crippen LogP contribution < -0.4 is 4.40 Å². The molecule has 4 aromatic heterocycles. The first kappa shape index (κ1) is 45.9. The summed E-state index contributed by atoms with van der Waals surface area (Å²) in [6.45, 7) is 13.7. The van der Waals surface area contributed by atoms with Crippen molar-refractivity contribution in [3.8, 4) is 39.5 Å². The molecule has 65 heavy (non-hydrogen) atoms. The van der Waals surface area contributed by atoms with Gasteiger partial charge in [0.25, 0.3) is 0 Å². The number of fused-ring (bicyclic) bond motifs is 5. The minimum Gasteiger partial charge on any atom is -0.482 e. The molecule has 10 rings (SSSR count). The summed E-state index contributed by atoms with van der Waals surface area (Å²) in [7, 11) is 0. The third kappa shape index (κ3) is 9.40. The number of para-hydroxylation sites is 3. The van der Waals surface area contributed by atoms with Crippen molar-refractivity contribution in [3.63, 3.8) is 0 Å². The summed E-state index contributed by atoms with van der Waals surface area (Å²) < 4.78 is 9.91. The number of hydrogen-bond acceptors (Lipinski definition) is 4. The fraction of sp³-hybridized carbons (Fsp3) is 0.224. The number of aromatic nitrogens is 4. The van der Waals surface area contributed by atoms with E-state index < -0.39 is 13.3 Å². The van der Waals surface area contributed by atoms with E-state index >= 15 is 0 Å². The van der Waals surface area contributed by atoms with E-state index in [1.165, 1.54) is 44.3 Å². The van der Waals surface area contributed by atoms with Crippen LogP contribution in [-0.4, -0.2) is 32.8 Å². The molecular weight excluding hydrogens is 1030 g/mol. The number of hydrogen-bond donors (Lipinski definition) is 0. The zero-order chi connectivity index (χ0) is 44.7. The van der Waals surface area contributed by atoms with E-state index in [9.17, 15) is 0 Å². The van der Waals surface area contributed by atoms with Gasteiger partial charge in [0.15, 0.2) is 5.71 Å². The van der Waals surface area contributed by atoms with E-state index in [1.54, 1.807) is 4.40 Å². The average molecular weight is 1090 g/mol. The molecule has 0 aliphatic rings. The molecule has 0 aliphatic carbocycles. The Bertz CT molecular complexity index is 3260. The Balaban J connectivity index is 0.000000232. The number of nitrogens with zero attached hydrogens (tertiary/aromatic N) is 4. The zero-order valence-electron chi connectivity index (χ0n) is 38.8. The van der Waals surface area contributed by atoms with Crippen molar-refractivity contribution in [2.45, 2.75) is 77.1 Å². The van der Waals surface area contributed by atoms with Crippen molar-refractivity contribution >= 4 is 61.5 Å². The van der Waals surface area contributed by atoms with Gasteiger partial charge in [-0.3, -0.25) is 9.97 Å². The summed E-state index contributed by atoms with van der Waals surface area (Å²) in [6, 6.07) is 53.8. The van der Waals surface area contributed by atoms with Crippen LogP contribution in [-0.2, 0) is 26.5 Å². The summed E-state index contributed by atoms with van der Waals surface area (Å²) in [6.07, 6.45) is 5.12. The van der Waals surface area contributed by atoms with Crippen LogP contribution in [0.25, 0.3) is 83.3 Å². The molecule has 10 aromatic rings. The Morgan fingerprint density at radius 2 is 1.35 bits per heavy atom. The maximum Gasteiger partial charge on any atom is 0.151 e. The van der Waals surface area contributed by atoms with Crippen LogP contribution >= 0.6 is 0 Å². The Labute approximate surface area is 400 Å². The van der Waals surface area contributed by atoms with Crippen LogP contribution in [0.1, 0.15) is 70.1 Å². The van der Waals surface area contributed by atoms with Gasteiger partial charge in [-0.2, -0.15) is 0 Å². The van der Waals surface area contributed by atoms with Crippen molar-refractivity contribution in [2.24, 2.45) is 5.92 Å². The minimum atomic E-state index is -1.86. The van der Waals surface area contributed by atoms with E-state index in [1.807, 2.05) is 48.7 Å². The molecule has 0 atom stereocenters. The van der Waals surface area contributed by atoms with Gasteiger partial charge >= 0.3 is 126 Å². The molecule has 0 amide bonds. The first-order valence-electron chi connectivity index (χ1n) is 22.6. The van der Waals surface area contributed by atoms with Gasteiger partial charge in [-0.25, -0.2) is 0 Å². The number of rotatable bonds is 9. The molecule has 0 spiro atoms. The van der Waals surface area contributed by atoms with Crippen LogP contribution in [0.5, 0.6) is 0 Å². The van der Waals surface area contributed by atoms with Gasteiger partial charge in [0.05, 0.1) is 22.4 Å². The van der Waals surface area contributed by atoms with E-state index in [4.69, 9.17) is 19.4 Å². The zero-order valence-corrected chi connectivity index (χ0v) is 43.3. The van der Waals surface area contributed by atoms with Gasteiger partial charge in [0.1, 0.15) is 0 Å². The van der Waals surface area contributed by atoms with E-state index in [-0.39, 0.29) is 31.9 Å². The number of furan rings is 1. The SMILES string of the molecule is CC(C)Cc1cc(-c2[c-]cccc2)nc[c]1[Ge]([CH3])([CH3])[CH3].CC(C)c1cc(-c2ccc3ccccc3c2)cc(C(C)C)c1-n1c(-c2[c-]c3c(nc2)oc2ccccc23)nc2ccccc21.[Ir]. The molecule has 7 heteroatoms. The quantitative estimate of drug-likeness (QED) is 0.107. The van der Waals surface area contributed by atoms with Crippen LogP contribution in [0.4, 0.5) is 0 Å². The van der Waals surface area contributed by atoms with Gasteiger partial charge < -0.3 is 8.98 Å². The maximum atomic E-state index is 6.03. The largest absolute Gasteiger partial charge is 0.482 e. The van der Waals surface area contributed by atoms with E-state index in [0.717, 1.165) is 56.5 Å². The van der Waals surface area contributed by atoms with Crippen molar-refractivity contribution in [2.75, 3.05) is 0 Å². The van der Waals surface area contributed by atoms with Crippen LogP contribution in [0.2, 0.25) is 17.3 Å². The molecule has 329 valence electrons. The van der Waals surface area contributed by atoms with Crippen LogP contribution in [0, 0.1) is 18.1 Å². The third-order valence-corrected chi connectivity index (χ3v) is 16.4. The minimum absolute atomic E-state index is 0. The number of benzene rings is 6. The van der Waals surface area contributed by atoms with Gasteiger partial charge in [-0.15, -0.1) is 6.07 Å². The van der Waals surface area contributed by atoms with E-state index in [2.05, 4.69) is 173 Å². The van der Waals surface area contributed by atoms with Gasteiger partial charge in [0.2, 0.25) is 0 Å². The van der Waals surface area contributed by atoms with Gasteiger partial charge in [0, 0.05) is 25.8 Å². The molecule has 6 aromatic carbocycles. The van der Waals surface area contributed by atoms with Crippen LogP contribution in [0.15, 0.2) is 150 Å². The molecule has 5 nitrogen and oxygen atoms in total. The summed E-state index contributed by atoms with van der Waals surface area (Å²) in [5.74, 6) is 9.37. The third-order valence-electron chi connectivity index (χ3n) is 12.1. The summed E-state index contributed by atoms with van der Waals surface area (Å²) in [4.78, 5) is 14.6. The number of pyridine rings is 2. The fourth-order valence-corrected chi connectivity index (χ4v) is 12.3. The normalized spacial score (nSPS) is 11.8. The molecule has 0 bridgehead atoms. The predicted molar refractivity (Wildman–Crippen MR) is 272 cm³/mol. The standard InChI is InChI=1S/C40H32N3O.C18H24GeN.Ir/c1-24(2)32-20-29(28-18-17-26-11-5-6-12-27(26)19-28)21-33(25(3)4)38(32)43-36-15-9-8-14-35(36)42-39(43)30-22-34-31-13-7-10-16-37(31)44-40(34)41-23-30;1-14(2)11-16-12-18(15-9-7-6-8-10-15)20-13-17(16)19(3,4)5;/h5-21,23-25H,1-4H3;6-9,12-14H,11H2,1-5H3;/q2*-1;. The second-order valence-electron chi connectivity index (χ2n) is 19.1. The molecule has 0 N–H and O–H groups in total. The molecule has 0 unspecified atom stereocenters.